The van der Waals surface area contributed by atoms with Crippen LogP contribution in [0, 0.1) is 0 Å². The van der Waals surface area contributed by atoms with Crippen LogP contribution in [0.2, 0.25) is 0 Å². The van der Waals surface area contributed by atoms with E-state index >= 15 is 0 Å². The summed E-state index contributed by atoms with van der Waals surface area (Å²) in [4.78, 5) is 38.1. The fraction of sp³-hybridized carbons (Fsp3) is 0.190. The van der Waals surface area contributed by atoms with Crippen LogP contribution in [-0.4, -0.2) is 24.4 Å². The SMILES string of the molecule is CCOC(=O)c1ccc(N2C(=O)C(Cl)=C(NC(C)c3ccccc3)C2=O)cc1. The maximum absolute atomic E-state index is 12.8. The number of carbonyl (C=O) groups is 3. The van der Waals surface area contributed by atoms with Gasteiger partial charge in [0.15, 0.2) is 0 Å². The van der Waals surface area contributed by atoms with Gasteiger partial charge in [-0.05, 0) is 43.7 Å². The Morgan fingerprint density at radius 1 is 1.07 bits per heavy atom. The third kappa shape index (κ3) is 3.77. The van der Waals surface area contributed by atoms with Gasteiger partial charge in [0.05, 0.1) is 17.9 Å². The van der Waals surface area contributed by atoms with Gasteiger partial charge in [-0.25, -0.2) is 9.69 Å². The minimum Gasteiger partial charge on any atom is -0.462 e. The molecule has 1 aliphatic rings. The monoisotopic (exact) mass is 398 g/mol. The molecule has 7 heteroatoms. The Labute approximate surface area is 167 Å². The van der Waals surface area contributed by atoms with Gasteiger partial charge in [-0.2, -0.15) is 0 Å². The molecule has 2 amide bonds. The molecule has 1 heterocycles. The molecule has 0 spiro atoms. The summed E-state index contributed by atoms with van der Waals surface area (Å²) >= 11 is 6.15. The number of anilines is 1. The lowest BCUT2D eigenvalue weighted by molar-refractivity contribution is -0.120. The summed E-state index contributed by atoms with van der Waals surface area (Å²) in [5.41, 5.74) is 1.67. The molecule has 1 atom stereocenters. The molecule has 0 radical (unpaired) electrons. The molecule has 3 rings (SSSR count). The highest BCUT2D eigenvalue weighted by Gasteiger charge is 2.39. The van der Waals surface area contributed by atoms with E-state index in [1.54, 1.807) is 6.92 Å². The van der Waals surface area contributed by atoms with Crippen molar-refractivity contribution in [1.82, 2.24) is 5.32 Å². The normalized spacial score (nSPS) is 15.0. The number of nitrogens with one attached hydrogen (secondary N) is 1. The number of benzene rings is 2. The van der Waals surface area contributed by atoms with Crippen LogP contribution >= 0.6 is 11.6 Å². The minimum atomic E-state index is -0.613. The van der Waals surface area contributed by atoms with Gasteiger partial charge in [-0.3, -0.25) is 9.59 Å². The number of halogens is 1. The number of imide groups is 1. The van der Waals surface area contributed by atoms with E-state index in [-0.39, 0.29) is 23.4 Å². The number of amides is 2. The molecule has 0 bridgehead atoms. The van der Waals surface area contributed by atoms with Crippen molar-refractivity contribution in [3.8, 4) is 0 Å². The van der Waals surface area contributed by atoms with Crippen molar-refractivity contribution in [2.45, 2.75) is 19.9 Å². The first-order chi connectivity index (χ1) is 13.4. The number of carbonyl (C=O) groups excluding carboxylic acids is 3. The Kier molecular flexibility index (Phi) is 5.80. The molecular formula is C21H19ClN2O4. The third-order valence-electron chi connectivity index (χ3n) is 4.32. The lowest BCUT2D eigenvalue weighted by Gasteiger charge is -2.18. The van der Waals surface area contributed by atoms with E-state index in [0.29, 0.717) is 11.3 Å². The van der Waals surface area contributed by atoms with Crippen LogP contribution in [0.1, 0.15) is 35.8 Å². The Morgan fingerprint density at radius 2 is 1.71 bits per heavy atom. The number of hydrogen-bond acceptors (Lipinski definition) is 5. The van der Waals surface area contributed by atoms with Crippen LogP contribution in [0.15, 0.2) is 65.3 Å². The average molecular weight is 399 g/mol. The molecule has 0 fully saturated rings. The third-order valence-corrected chi connectivity index (χ3v) is 4.68. The van der Waals surface area contributed by atoms with Crippen molar-refractivity contribution in [2.75, 3.05) is 11.5 Å². The molecule has 144 valence electrons. The number of esters is 1. The zero-order valence-corrected chi connectivity index (χ0v) is 16.2. The molecule has 0 saturated heterocycles. The van der Waals surface area contributed by atoms with Crippen LogP contribution in [0.25, 0.3) is 0 Å². The largest absolute Gasteiger partial charge is 0.462 e. The van der Waals surface area contributed by atoms with Gasteiger partial charge in [0.1, 0.15) is 10.7 Å². The quantitative estimate of drug-likeness (QED) is 0.595. The Balaban J connectivity index is 1.80. The van der Waals surface area contributed by atoms with Gasteiger partial charge in [0, 0.05) is 6.04 Å². The minimum absolute atomic E-state index is 0.0532. The first kappa shape index (κ1) is 19.6. The predicted molar refractivity (Wildman–Crippen MR) is 106 cm³/mol. The maximum Gasteiger partial charge on any atom is 0.338 e. The lowest BCUT2D eigenvalue weighted by atomic mass is 10.1. The summed E-state index contributed by atoms with van der Waals surface area (Å²) in [6.07, 6.45) is 0. The highest BCUT2D eigenvalue weighted by Crippen LogP contribution is 2.29. The lowest BCUT2D eigenvalue weighted by Crippen LogP contribution is -2.34. The second kappa shape index (κ2) is 8.27. The van der Waals surface area contributed by atoms with E-state index in [4.69, 9.17) is 16.3 Å². The van der Waals surface area contributed by atoms with Gasteiger partial charge in [-0.15, -0.1) is 0 Å². The number of nitrogens with zero attached hydrogens (tertiary/aromatic N) is 1. The smallest absolute Gasteiger partial charge is 0.338 e. The number of ether oxygens (including phenoxy) is 1. The highest BCUT2D eigenvalue weighted by molar-refractivity contribution is 6.52. The van der Waals surface area contributed by atoms with Crippen LogP contribution in [0.3, 0.4) is 0 Å². The fourth-order valence-electron chi connectivity index (χ4n) is 2.87. The summed E-state index contributed by atoms with van der Waals surface area (Å²) in [6, 6.07) is 15.3. The number of hydrogen-bond donors (Lipinski definition) is 1. The summed E-state index contributed by atoms with van der Waals surface area (Å²) in [5.74, 6) is -1.62. The van der Waals surface area contributed by atoms with Crippen LogP contribution in [0.4, 0.5) is 5.69 Å². The molecule has 0 saturated carbocycles. The molecule has 0 aliphatic carbocycles. The molecule has 2 aromatic carbocycles. The second-order valence-electron chi connectivity index (χ2n) is 6.18. The van der Waals surface area contributed by atoms with Gasteiger partial charge >= 0.3 is 5.97 Å². The fourth-order valence-corrected chi connectivity index (χ4v) is 3.09. The van der Waals surface area contributed by atoms with E-state index in [9.17, 15) is 14.4 Å². The first-order valence-electron chi connectivity index (χ1n) is 8.81. The van der Waals surface area contributed by atoms with Crippen molar-refractivity contribution in [3.05, 3.63) is 76.5 Å². The summed E-state index contributed by atoms with van der Waals surface area (Å²) in [5, 5.41) is 2.87. The van der Waals surface area contributed by atoms with Crippen molar-refractivity contribution >= 4 is 35.1 Å². The molecule has 1 unspecified atom stereocenters. The van der Waals surface area contributed by atoms with Gasteiger partial charge in [-0.1, -0.05) is 41.9 Å². The Bertz CT molecular complexity index is 939. The van der Waals surface area contributed by atoms with Crippen molar-refractivity contribution in [3.63, 3.8) is 0 Å². The maximum atomic E-state index is 12.8. The molecule has 6 nitrogen and oxygen atoms in total. The van der Waals surface area contributed by atoms with Crippen LogP contribution in [0.5, 0.6) is 0 Å². The van der Waals surface area contributed by atoms with Gasteiger partial charge in [0.25, 0.3) is 11.8 Å². The highest BCUT2D eigenvalue weighted by atomic mass is 35.5. The summed E-state index contributed by atoms with van der Waals surface area (Å²) in [7, 11) is 0. The molecule has 1 aliphatic heterocycles. The zero-order chi connectivity index (χ0) is 20.3. The van der Waals surface area contributed by atoms with E-state index < -0.39 is 17.8 Å². The van der Waals surface area contributed by atoms with Gasteiger partial charge in [0.2, 0.25) is 0 Å². The Morgan fingerprint density at radius 3 is 2.32 bits per heavy atom. The summed E-state index contributed by atoms with van der Waals surface area (Å²) in [6.45, 7) is 3.85. The predicted octanol–water partition coefficient (Wildman–Crippen LogP) is 3.54. The van der Waals surface area contributed by atoms with E-state index in [2.05, 4.69) is 5.32 Å². The molecule has 2 aromatic rings. The molecule has 1 N–H and O–H groups in total. The van der Waals surface area contributed by atoms with E-state index in [0.717, 1.165) is 10.5 Å². The van der Waals surface area contributed by atoms with E-state index in [1.807, 2.05) is 37.3 Å². The topological polar surface area (TPSA) is 75.7 Å². The first-order valence-corrected chi connectivity index (χ1v) is 9.19. The molecule has 28 heavy (non-hydrogen) atoms. The van der Waals surface area contributed by atoms with Crippen LogP contribution in [-0.2, 0) is 14.3 Å². The van der Waals surface area contributed by atoms with Crippen molar-refractivity contribution < 1.29 is 19.1 Å². The van der Waals surface area contributed by atoms with E-state index in [1.165, 1.54) is 24.3 Å². The summed E-state index contributed by atoms with van der Waals surface area (Å²) < 4.78 is 4.93. The van der Waals surface area contributed by atoms with Crippen LogP contribution < -0.4 is 10.2 Å². The second-order valence-corrected chi connectivity index (χ2v) is 6.56. The molecule has 0 aromatic heterocycles. The number of rotatable bonds is 6. The molecular weight excluding hydrogens is 380 g/mol. The standard InChI is InChI=1S/C21H19ClN2O4/c1-3-28-21(27)15-9-11-16(12-10-15)24-19(25)17(22)18(20(24)26)23-13(2)14-7-5-4-6-8-14/h4-13,23H,3H2,1-2H3. The zero-order valence-electron chi connectivity index (χ0n) is 15.4. The Hall–Kier alpha value is -3.12. The van der Waals surface area contributed by atoms with Crippen molar-refractivity contribution in [1.29, 1.82) is 0 Å². The van der Waals surface area contributed by atoms with Crippen molar-refractivity contribution in [2.24, 2.45) is 0 Å². The average Bonchev–Trinajstić information content (AvgIpc) is 2.92. The van der Waals surface area contributed by atoms with Gasteiger partial charge < -0.3 is 10.1 Å².